The van der Waals surface area contributed by atoms with E-state index < -0.39 is 190 Å². The summed E-state index contributed by atoms with van der Waals surface area (Å²) in [4.78, 5) is 171. The average molecular weight is 1660 g/mol. The van der Waals surface area contributed by atoms with Gasteiger partial charge in [-0.25, -0.2) is 24.0 Å². The summed E-state index contributed by atoms with van der Waals surface area (Å²) in [7, 11) is 0. The fraction of sp³-hybridized carbons (Fsp3) is 0.662. The smallest absolute Gasteiger partial charge is 0.430 e. The van der Waals surface area contributed by atoms with E-state index in [-0.39, 0.29) is 92.1 Å². The lowest BCUT2D eigenvalue weighted by atomic mass is 10.2. The van der Waals surface area contributed by atoms with Gasteiger partial charge >= 0.3 is 49.1 Å². The van der Waals surface area contributed by atoms with Crippen molar-refractivity contribution in [3.05, 3.63) is 143 Å². The van der Waals surface area contributed by atoms with Gasteiger partial charge in [-0.15, -0.1) is 0 Å². The molecule has 7 aliphatic rings. The van der Waals surface area contributed by atoms with Crippen molar-refractivity contribution in [1.82, 2.24) is 52.9 Å². The van der Waals surface area contributed by atoms with Crippen molar-refractivity contribution < 1.29 is 93.4 Å². The van der Waals surface area contributed by atoms with Crippen LogP contribution in [0.4, 0.5) is 4.79 Å². The van der Waals surface area contributed by atoms with E-state index in [1.807, 2.05) is 0 Å². The molecule has 0 aromatic carbocycles. The second-order valence-corrected chi connectivity index (χ2v) is 36.5. The summed E-state index contributed by atoms with van der Waals surface area (Å²) in [6.45, 7) is -1.49. The van der Waals surface area contributed by atoms with Gasteiger partial charge in [0.25, 0.3) is 22.2 Å². The van der Waals surface area contributed by atoms with Crippen molar-refractivity contribution in [3.8, 4) is 0 Å². The topological polar surface area (TPSA) is 456 Å². The molecule has 0 spiro atoms. The van der Waals surface area contributed by atoms with E-state index in [1.54, 1.807) is 14.7 Å². The molecule has 7 aliphatic heterocycles. The van der Waals surface area contributed by atoms with E-state index in [9.17, 15) is 62.6 Å². The molecule has 606 valence electrons. The lowest BCUT2D eigenvalue weighted by molar-refractivity contribution is -0.131. The predicted molar refractivity (Wildman–Crippen MR) is 396 cm³/mol. The Morgan fingerprint density at radius 2 is 0.736 bits per heavy atom. The Balaban J connectivity index is 0.929. The summed E-state index contributed by atoms with van der Waals surface area (Å²) in [6, 6.07) is -1.59. The predicted octanol–water partition coefficient (Wildman–Crippen LogP) is 2.23. The van der Waals surface area contributed by atoms with Gasteiger partial charge in [0.1, 0.15) is 62.0 Å². The van der Waals surface area contributed by atoms with Crippen LogP contribution in [0.2, 0.25) is 0 Å². The van der Waals surface area contributed by atoms with Gasteiger partial charge in [-0.05, 0) is 102 Å². The summed E-state index contributed by atoms with van der Waals surface area (Å²) in [5.74, 6) is -0.749. The van der Waals surface area contributed by atoms with Crippen LogP contribution in [-0.4, -0.2) is 221 Å². The Hall–Kier alpha value is -6.47. The highest BCUT2D eigenvalue weighted by molar-refractivity contribution is 8.08. The Bertz CT molecular complexity index is 4740. The van der Waals surface area contributed by atoms with Crippen LogP contribution in [0.15, 0.2) is 75.8 Å². The standard InChI is InChI=1S/C65H90N11O28P3S3/c1-9-19-90-65(89)101-45-20-53(73-24-35(2)57(81)66-61(73)85)98-50(45)32-94-106(109,92-30-43-14-11-17-71(43)40(7)79)103-47-22-55(75-26-37(4)59(83)68-63(75)87)100-52(47)34-96-107(110,93-31-44-15-12-18-72(44)41(8)80)104-48-23-56(76-27-38(5)60(84)69-64(76)88)99-51(48)33-95-105(108,91-29-42-13-10-16-70(42)39(6)78)102-46-21-54(97-49(46)28-77)74-25-36(3)58(82)67-62(74)86/h9,24-27,42-56,77H,1,10-23,28-34H2,2-8H3,(H,66,81,85)(H,67,82,86)(H,68,83,87)(H,69,84,88). The number of aryl methyl sites for hydroxylation is 4. The lowest BCUT2D eigenvalue weighted by Crippen LogP contribution is -2.37. The number of amides is 3. The number of aliphatic hydroxyl groups excluding tert-OH is 1. The number of rotatable bonds is 32. The highest BCUT2D eigenvalue weighted by atomic mass is 32.5. The maximum Gasteiger partial charge on any atom is 0.508 e. The maximum absolute atomic E-state index is 13.8. The third kappa shape index (κ3) is 20.4. The zero-order valence-corrected chi connectivity index (χ0v) is 66.4. The average Bonchev–Trinajstić information content (AvgIpc) is 1.65. The molecule has 4 aromatic rings. The van der Waals surface area contributed by atoms with Gasteiger partial charge in [0, 0.05) is 113 Å². The van der Waals surface area contributed by atoms with E-state index in [0.29, 0.717) is 58.2 Å². The molecule has 0 bridgehead atoms. The number of H-pyrrole nitrogens is 4. The van der Waals surface area contributed by atoms with Crippen molar-refractivity contribution in [3.63, 3.8) is 0 Å². The van der Waals surface area contributed by atoms with E-state index in [4.69, 9.17) is 105 Å². The third-order valence-corrected chi connectivity index (χ3v) is 26.9. The quantitative estimate of drug-likeness (QED) is 0.0266. The number of carbonyl (C=O) groups is 4. The molecule has 18 unspecified atom stereocenters. The normalized spacial score (nSPS) is 28.5. The molecule has 0 aliphatic carbocycles. The number of aromatic nitrogens is 8. The second kappa shape index (κ2) is 36.3. The van der Waals surface area contributed by atoms with Crippen LogP contribution in [0.1, 0.15) is 132 Å². The molecule has 7 saturated heterocycles. The SMILES string of the molecule is C=CCOC(=O)OC1CC(n2cc(C)c(=O)[nH]c2=O)OC1COP(=S)(OCC1CCCN1C(C)=O)OC1CC(n2cc(C)c(=O)[nH]c2=O)OC1COP(=S)(OCC1CCCN1C(C)=O)OC1CC(n2cc(C)c(=O)[nH]c2=O)OC1COP(=S)(OCC1CCCN1C(C)=O)OC1CC(n2cc(C)c(=O)[nH]c2=O)OC1CO. The van der Waals surface area contributed by atoms with Crippen molar-refractivity contribution in [2.75, 3.05) is 72.5 Å². The largest absolute Gasteiger partial charge is 0.508 e. The van der Waals surface area contributed by atoms with Crippen LogP contribution in [-0.2, 0) is 119 Å². The number of hydrogen-bond donors (Lipinski definition) is 5. The summed E-state index contributed by atoms with van der Waals surface area (Å²) < 4.78 is 101. The number of aliphatic hydroxyl groups is 1. The Kier molecular flexibility index (Phi) is 27.9. The summed E-state index contributed by atoms with van der Waals surface area (Å²) in [5.41, 5.74) is -5.49. The molecule has 18 atom stereocenters. The molecule has 4 aromatic heterocycles. The minimum Gasteiger partial charge on any atom is -0.430 e. The summed E-state index contributed by atoms with van der Waals surface area (Å²) in [5, 5.41) is 10.7. The van der Waals surface area contributed by atoms with Crippen LogP contribution in [0, 0.1) is 27.7 Å². The molecule has 45 heteroatoms. The number of nitrogens with one attached hydrogen (secondary N) is 4. The van der Waals surface area contributed by atoms with Gasteiger partial charge in [-0.1, -0.05) is 12.7 Å². The zero-order valence-electron chi connectivity index (χ0n) is 61.3. The van der Waals surface area contributed by atoms with Crippen LogP contribution in [0.3, 0.4) is 0 Å². The summed E-state index contributed by atoms with van der Waals surface area (Å²) in [6.07, 6.45) is -7.27. The van der Waals surface area contributed by atoms with Gasteiger partial charge in [0.2, 0.25) is 17.7 Å². The number of nitrogens with zero attached hydrogens (tertiary/aromatic N) is 7. The number of ether oxygens (including phenoxy) is 6. The zero-order chi connectivity index (χ0) is 79.3. The first kappa shape index (κ1) is 84.4. The van der Waals surface area contributed by atoms with E-state index in [1.165, 1.54) is 79.3 Å². The van der Waals surface area contributed by atoms with Crippen molar-refractivity contribution >= 4 is 79.5 Å². The van der Waals surface area contributed by atoms with Crippen LogP contribution < -0.4 is 45.0 Å². The number of aromatic amines is 4. The molecule has 110 heavy (non-hydrogen) atoms. The molecule has 5 N–H and O–H groups in total. The third-order valence-electron chi connectivity index (χ3n) is 19.9. The highest BCUT2D eigenvalue weighted by Gasteiger charge is 2.50. The summed E-state index contributed by atoms with van der Waals surface area (Å²) >= 11 is 19.0. The Morgan fingerprint density at radius 1 is 0.464 bits per heavy atom. The van der Waals surface area contributed by atoms with E-state index in [0.717, 1.165) is 18.3 Å². The van der Waals surface area contributed by atoms with Crippen molar-refractivity contribution in [2.45, 2.75) is 205 Å². The van der Waals surface area contributed by atoms with Crippen LogP contribution in [0.25, 0.3) is 0 Å². The molecular weight excluding hydrogens is 1570 g/mol. The lowest BCUT2D eigenvalue weighted by Gasteiger charge is -2.33. The maximum atomic E-state index is 13.8. The fourth-order valence-corrected chi connectivity index (χ4v) is 20.5. The van der Waals surface area contributed by atoms with Gasteiger partial charge < -0.3 is 88.9 Å². The minimum atomic E-state index is -4.42. The molecule has 0 radical (unpaired) electrons. The monoisotopic (exact) mass is 1660 g/mol. The van der Waals surface area contributed by atoms with Crippen LogP contribution in [0.5, 0.6) is 0 Å². The first-order valence-corrected chi connectivity index (χ1v) is 43.4. The first-order chi connectivity index (χ1) is 52.2. The Morgan fingerprint density at radius 3 is 1.03 bits per heavy atom. The second-order valence-electron chi connectivity index (χ2n) is 27.6. The molecule has 39 nitrogen and oxygen atoms in total. The fourth-order valence-electron chi connectivity index (χ4n) is 14.1. The highest BCUT2D eigenvalue weighted by Crippen LogP contribution is 2.59. The number of hydrogen-bond acceptors (Lipinski definition) is 31. The molecule has 7 fully saturated rings. The minimum absolute atomic E-state index is 0.111. The van der Waals surface area contributed by atoms with E-state index >= 15 is 0 Å². The molecule has 0 saturated carbocycles. The van der Waals surface area contributed by atoms with E-state index in [2.05, 4.69) is 26.5 Å². The molecule has 11 heterocycles. The van der Waals surface area contributed by atoms with Gasteiger partial charge in [-0.3, -0.25) is 71.8 Å². The van der Waals surface area contributed by atoms with Gasteiger partial charge in [0.15, 0.2) is 0 Å². The first-order valence-electron chi connectivity index (χ1n) is 35.7. The molecule has 11 rings (SSSR count). The van der Waals surface area contributed by atoms with Crippen molar-refractivity contribution in [1.29, 1.82) is 0 Å². The van der Waals surface area contributed by atoms with Gasteiger partial charge in [0.05, 0.1) is 82.7 Å². The van der Waals surface area contributed by atoms with Crippen molar-refractivity contribution in [2.24, 2.45) is 0 Å². The molecular formula is C65H90N11O28P3S3. The molecule has 3 amide bonds. The number of likely N-dealkylation sites (tertiary alicyclic amines) is 3. The van der Waals surface area contributed by atoms with Crippen LogP contribution >= 0.6 is 20.2 Å². The Labute approximate surface area is 642 Å². The number of carbonyl (C=O) groups excluding carboxylic acids is 4. The van der Waals surface area contributed by atoms with Gasteiger partial charge in [-0.2, -0.15) is 0 Å².